The van der Waals surface area contributed by atoms with Crippen molar-refractivity contribution < 1.29 is 0 Å². The first-order chi connectivity index (χ1) is 9.63. The Kier molecular flexibility index (Phi) is 3.61. The molecule has 1 aliphatic carbocycles. The van der Waals surface area contributed by atoms with Crippen molar-refractivity contribution in [2.45, 2.75) is 45.2 Å². The van der Waals surface area contributed by atoms with E-state index in [1.54, 1.807) is 12.4 Å². The topological polar surface area (TPSA) is 55.6 Å². The van der Waals surface area contributed by atoms with Gasteiger partial charge in [0.05, 0.1) is 29.2 Å². The van der Waals surface area contributed by atoms with Crippen LogP contribution in [0.15, 0.2) is 18.6 Å². The zero-order valence-electron chi connectivity index (χ0n) is 11.7. The molecular weight excluding hydrogens is 274 g/mol. The number of hydrogen-bond donors (Lipinski definition) is 1. The van der Waals surface area contributed by atoms with Crippen molar-refractivity contribution in [2.75, 3.05) is 5.32 Å². The second-order valence-electron chi connectivity index (χ2n) is 5.43. The van der Waals surface area contributed by atoms with Gasteiger partial charge in [0, 0.05) is 12.2 Å². The number of fused-ring (bicyclic) bond motifs is 1. The third kappa shape index (κ3) is 2.63. The fourth-order valence-corrected chi connectivity index (χ4v) is 2.61. The van der Waals surface area contributed by atoms with E-state index in [-0.39, 0.29) is 6.04 Å². The molecule has 0 spiro atoms. The maximum absolute atomic E-state index is 5.81. The van der Waals surface area contributed by atoms with Crippen molar-refractivity contribution in [1.29, 1.82) is 0 Å². The van der Waals surface area contributed by atoms with Crippen LogP contribution in [0.25, 0.3) is 0 Å². The Labute approximate surface area is 123 Å². The van der Waals surface area contributed by atoms with Crippen molar-refractivity contribution >= 4 is 17.5 Å². The van der Waals surface area contributed by atoms with Crippen molar-refractivity contribution in [3.63, 3.8) is 0 Å². The van der Waals surface area contributed by atoms with Crippen LogP contribution in [0.1, 0.15) is 50.0 Å². The average molecular weight is 292 g/mol. The lowest BCUT2D eigenvalue weighted by Crippen LogP contribution is -2.18. The van der Waals surface area contributed by atoms with Crippen LogP contribution in [0.3, 0.4) is 0 Å². The largest absolute Gasteiger partial charge is 0.346 e. The van der Waals surface area contributed by atoms with Gasteiger partial charge in [-0.05, 0) is 38.7 Å². The molecule has 0 aliphatic heterocycles. The normalized spacial score (nSPS) is 18.1. The zero-order valence-corrected chi connectivity index (χ0v) is 12.4. The highest BCUT2D eigenvalue weighted by molar-refractivity contribution is 6.30. The summed E-state index contributed by atoms with van der Waals surface area (Å²) < 4.78 is 2.04. The molecular formula is C14H18ClN5. The minimum Gasteiger partial charge on any atom is -0.346 e. The maximum Gasteiger partial charge on any atom is 0.223 e. The molecule has 0 fully saturated rings. The Morgan fingerprint density at radius 3 is 2.80 bits per heavy atom. The van der Waals surface area contributed by atoms with E-state index in [0.717, 1.165) is 25.0 Å². The third-order valence-electron chi connectivity index (χ3n) is 3.56. The number of nitrogens with zero attached hydrogens (tertiary/aromatic N) is 4. The second-order valence-corrected chi connectivity index (χ2v) is 5.86. The Morgan fingerprint density at radius 2 is 2.10 bits per heavy atom. The van der Waals surface area contributed by atoms with Gasteiger partial charge in [-0.2, -0.15) is 5.10 Å². The monoisotopic (exact) mass is 291 g/mol. The quantitative estimate of drug-likeness (QED) is 0.942. The van der Waals surface area contributed by atoms with E-state index in [1.807, 2.05) is 4.68 Å². The highest BCUT2D eigenvalue weighted by Crippen LogP contribution is 2.31. The molecule has 0 aromatic carbocycles. The predicted octanol–water partition coefficient (Wildman–Crippen LogP) is 3.40. The SMILES string of the molecule is CC(C)n1cc2c(n1)C(Nc1ncc(Cl)cn1)CCC2. The van der Waals surface area contributed by atoms with E-state index in [4.69, 9.17) is 16.7 Å². The lowest BCUT2D eigenvalue weighted by molar-refractivity contribution is 0.515. The molecule has 2 heterocycles. The van der Waals surface area contributed by atoms with E-state index in [2.05, 4.69) is 35.3 Å². The Morgan fingerprint density at radius 1 is 1.35 bits per heavy atom. The first kappa shape index (κ1) is 13.4. The summed E-state index contributed by atoms with van der Waals surface area (Å²) in [4.78, 5) is 8.40. The van der Waals surface area contributed by atoms with Gasteiger partial charge in [-0.3, -0.25) is 4.68 Å². The molecule has 0 bridgehead atoms. The van der Waals surface area contributed by atoms with Gasteiger partial charge in [0.2, 0.25) is 5.95 Å². The van der Waals surface area contributed by atoms with Crippen LogP contribution in [0.5, 0.6) is 0 Å². The van der Waals surface area contributed by atoms with Crippen LogP contribution in [-0.4, -0.2) is 19.7 Å². The van der Waals surface area contributed by atoms with Gasteiger partial charge in [-0.1, -0.05) is 11.6 Å². The standard InChI is InChI=1S/C14H18ClN5/c1-9(2)20-8-10-4-3-5-12(13(10)19-20)18-14-16-6-11(15)7-17-14/h6-9,12H,3-5H2,1-2H3,(H,16,17,18). The lowest BCUT2D eigenvalue weighted by atomic mass is 9.94. The van der Waals surface area contributed by atoms with Gasteiger partial charge < -0.3 is 5.32 Å². The van der Waals surface area contributed by atoms with Crippen molar-refractivity contribution in [1.82, 2.24) is 19.7 Å². The number of anilines is 1. The summed E-state index contributed by atoms with van der Waals surface area (Å²) in [6.45, 7) is 4.28. The molecule has 1 N–H and O–H groups in total. The predicted molar refractivity (Wildman–Crippen MR) is 79.0 cm³/mol. The van der Waals surface area contributed by atoms with E-state index in [1.165, 1.54) is 5.56 Å². The van der Waals surface area contributed by atoms with E-state index < -0.39 is 0 Å². The number of halogens is 1. The van der Waals surface area contributed by atoms with Crippen LogP contribution < -0.4 is 5.32 Å². The Balaban J connectivity index is 1.84. The lowest BCUT2D eigenvalue weighted by Gasteiger charge is -2.22. The van der Waals surface area contributed by atoms with Gasteiger partial charge in [0.15, 0.2) is 0 Å². The molecule has 0 saturated heterocycles. The summed E-state index contributed by atoms with van der Waals surface area (Å²) in [6, 6.07) is 0.563. The Hall–Kier alpha value is -1.62. The van der Waals surface area contributed by atoms with Crippen molar-refractivity contribution in [2.24, 2.45) is 0 Å². The maximum atomic E-state index is 5.81. The number of hydrogen-bond acceptors (Lipinski definition) is 4. The molecule has 6 heteroatoms. The zero-order chi connectivity index (χ0) is 14.1. The first-order valence-electron chi connectivity index (χ1n) is 6.95. The van der Waals surface area contributed by atoms with Gasteiger partial charge >= 0.3 is 0 Å². The molecule has 1 unspecified atom stereocenters. The molecule has 0 amide bonds. The summed E-state index contributed by atoms with van der Waals surface area (Å²) in [5.41, 5.74) is 2.46. The molecule has 3 rings (SSSR count). The van der Waals surface area contributed by atoms with E-state index in [0.29, 0.717) is 17.0 Å². The van der Waals surface area contributed by atoms with Crippen molar-refractivity contribution in [3.8, 4) is 0 Å². The van der Waals surface area contributed by atoms with Crippen LogP contribution in [0.4, 0.5) is 5.95 Å². The van der Waals surface area contributed by atoms with Gasteiger partial charge in [-0.15, -0.1) is 0 Å². The number of aromatic nitrogens is 4. The molecule has 5 nitrogen and oxygen atoms in total. The first-order valence-corrected chi connectivity index (χ1v) is 7.33. The number of aryl methyl sites for hydroxylation is 1. The highest BCUT2D eigenvalue weighted by atomic mass is 35.5. The highest BCUT2D eigenvalue weighted by Gasteiger charge is 2.24. The molecule has 1 aliphatic rings. The summed E-state index contributed by atoms with van der Waals surface area (Å²) in [6.07, 6.45) is 8.68. The summed E-state index contributed by atoms with van der Waals surface area (Å²) in [5, 5.41) is 8.62. The third-order valence-corrected chi connectivity index (χ3v) is 3.76. The van der Waals surface area contributed by atoms with Crippen LogP contribution in [0, 0.1) is 0 Å². The van der Waals surface area contributed by atoms with Gasteiger partial charge in [-0.25, -0.2) is 9.97 Å². The van der Waals surface area contributed by atoms with E-state index in [9.17, 15) is 0 Å². The molecule has 106 valence electrons. The van der Waals surface area contributed by atoms with Crippen LogP contribution >= 0.6 is 11.6 Å². The number of rotatable bonds is 3. The molecule has 1 atom stereocenters. The van der Waals surface area contributed by atoms with Gasteiger partial charge in [0.1, 0.15) is 0 Å². The summed E-state index contributed by atoms with van der Waals surface area (Å²) >= 11 is 5.81. The van der Waals surface area contributed by atoms with Crippen molar-refractivity contribution in [3.05, 3.63) is 34.9 Å². The minimum atomic E-state index is 0.180. The molecule has 2 aromatic heterocycles. The Bertz CT molecular complexity index is 590. The fourth-order valence-electron chi connectivity index (χ4n) is 2.51. The van der Waals surface area contributed by atoms with Gasteiger partial charge in [0.25, 0.3) is 0 Å². The molecule has 2 aromatic rings. The van der Waals surface area contributed by atoms with Crippen LogP contribution in [-0.2, 0) is 6.42 Å². The number of nitrogens with one attached hydrogen (secondary N) is 1. The summed E-state index contributed by atoms with van der Waals surface area (Å²) in [5.74, 6) is 0.603. The fraction of sp³-hybridized carbons (Fsp3) is 0.500. The minimum absolute atomic E-state index is 0.180. The average Bonchev–Trinajstić information content (AvgIpc) is 2.87. The molecule has 20 heavy (non-hydrogen) atoms. The van der Waals surface area contributed by atoms with E-state index >= 15 is 0 Å². The second kappa shape index (κ2) is 5.40. The smallest absolute Gasteiger partial charge is 0.223 e. The summed E-state index contributed by atoms with van der Waals surface area (Å²) in [7, 11) is 0. The molecule has 0 saturated carbocycles. The molecule has 0 radical (unpaired) electrons. The van der Waals surface area contributed by atoms with Crippen LogP contribution in [0.2, 0.25) is 5.02 Å².